The van der Waals surface area contributed by atoms with Gasteiger partial charge in [0.25, 0.3) is 0 Å². The van der Waals surface area contributed by atoms with E-state index in [0.717, 1.165) is 11.3 Å². The normalized spacial score (nSPS) is 11.4. The van der Waals surface area contributed by atoms with Crippen molar-refractivity contribution in [3.05, 3.63) is 78.1 Å². The van der Waals surface area contributed by atoms with E-state index in [0.29, 0.717) is 11.3 Å². The minimum absolute atomic E-state index is 0.166. The second-order valence-electron chi connectivity index (χ2n) is 5.62. The summed E-state index contributed by atoms with van der Waals surface area (Å²) in [6, 6.07) is 18.0. The molecule has 0 saturated carbocycles. The smallest absolute Gasteiger partial charge is 0.347 e. The molecule has 6 heteroatoms. The summed E-state index contributed by atoms with van der Waals surface area (Å²) in [5.74, 6) is 0.0579. The molecule has 0 bridgehead atoms. The van der Waals surface area contributed by atoms with Crippen LogP contribution in [0.4, 0.5) is 0 Å². The maximum atomic E-state index is 12.1. The quantitative estimate of drug-likeness (QED) is 0.640. The van der Waals surface area contributed by atoms with Gasteiger partial charge in [0.05, 0.1) is 17.3 Å². The van der Waals surface area contributed by atoms with Gasteiger partial charge in [0, 0.05) is 12.4 Å². The van der Waals surface area contributed by atoms with Crippen molar-refractivity contribution in [1.82, 2.24) is 9.78 Å². The van der Waals surface area contributed by atoms with Gasteiger partial charge in [-0.3, -0.25) is 0 Å². The Morgan fingerprint density at radius 1 is 1.19 bits per heavy atom. The summed E-state index contributed by atoms with van der Waals surface area (Å²) in [7, 11) is 0. The molecule has 0 saturated heterocycles. The van der Waals surface area contributed by atoms with Crippen LogP contribution in [-0.4, -0.2) is 21.9 Å². The summed E-state index contributed by atoms with van der Waals surface area (Å²) in [4.78, 5) is 12.1. The Kier molecular flexibility index (Phi) is 5.30. The standard InChI is InChI=1S/C20H17N3O3/c1-15(26-19-9-5-16(13-21)6-10-19)20(24)25-14-17-3-7-18(8-4-17)23-12-2-11-22-23/h2-12,15H,14H2,1H3. The fourth-order valence-corrected chi connectivity index (χ4v) is 2.30. The number of ether oxygens (including phenoxy) is 2. The average molecular weight is 347 g/mol. The SMILES string of the molecule is CC(Oc1ccc(C#N)cc1)C(=O)OCc1ccc(-n2cccn2)cc1. The van der Waals surface area contributed by atoms with Crippen LogP contribution in [0.3, 0.4) is 0 Å². The fraction of sp³-hybridized carbons (Fsp3) is 0.150. The third-order valence-corrected chi connectivity index (χ3v) is 3.71. The first kappa shape index (κ1) is 17.2. The summed E-state index contributed by atoms with van der Waals surface area (Å²) in [6.45, 7) is 1.79. The van der Waals surface area contributed by atoms with Crippen molar-refractivity contribution in [3.8, 4) is 17.5 Å². The van der Waals surface area contributed by atoms with E-state index in [2.05, 4.69) is 5.10 Å². The van der Waals surface area contributed by atoms with Gasteiger partial charge in [-0.25, -0.2) is 9.48 Å². The number of nitrogens with zero attached hydrogens (tertiary/aromatic N) is 3. The van der Waals surface area contributed by atoms with Crippen LogP contribution in [0, 0.1) is 11.3 Å². The number of hydrogen-bond donors (Lipinski definition) is 0. The molecular weight excluding hydrogens is 330 g/mol. The number of carbonyl (C=O) groups is 1. The lowest BCUT2D eigenvalue weighted by Crippen LogP contribution is -2.26. The zero-order chi connectivity index (χ0) is 18.4. The topological polar surface area (TPSA) is 77.1 Å². The molecular formula is C20H17N3O3. The van der Waals surface area contributed by atoms with Crippen LogP contribution in [0.5, 0.6) is 5.75 Å². The Balaban J connectivity index is 1.52. The summed E-state index contributed by atoms with van der Waals surface area (Å²) < 4.78 is 12.6. The van der Waals surface area contributed by atoms with Crippen LogP contribution in [0.1, 0.15) is 18.1 Å². The molecule has 1 aromatic heterocycles. The average Bonchev–Trinajstić information content (AvgIpc) is 3.22. The van der Waals surface area contributed by atoms with Crippen LogP contribution in [-0.2, 0) is 16.1 Å². The van der Waals surface area contributed by atoms with Crippen LogP contribution >= 0.6 is 0 Å². The molecule has 0 fully saturated rings. The number of carbonyl (C=O) groups excluding carboxylic acids is 1. The van der Waals surface area contributed by atoms with E-state index in [1.54, 1.807) is 42.1 Å². The van der Waals surface area contributed by atoms with Gasteiger partial charge in [-0.05, 0) is 55.0 Å². The predicted octanol–water partition coefficient (Wildman–Crippen LogP) is 3.25. The Bertz CT molecular complexity index is 895. The maximum Gasteiger partial charge on any atom is 0.347 e. The predicted molar refractivity (Wildman–Crippen MR) is 94.6 cm³/mol. The number of rotatable bonds is 6. The number of nitriles is 1. The highest BCUT2D eigenvalue weighted by Crippen LogP contribution is 2.15. The minimum atomic E-state index is -0.744. The van der Waals surface area contributed by atoms with E-state index in [1.165, 1.54) is 0 Å². The van der Waals surface area contributed by atoms with Gasteiger partial charge < -0.3 is 9.47 Å². The zero-order valence-corrected chi connectivity index (χ0v) is 14.2. The van der Waals surface area contributed by atoms with E-state index >= 15 is 0 Å². The van der Waals surface area contributed by atoms with E-state index < -0.39 is 12.1 Å². The molecule has 26 heavy (non-hydrogen) atoms. The summed E-state index contributed by atoms with van der Waals surface area (Å²) >= 11 is 0. The highest BCUT2D eigenvalue weighted by molar-refractivity contribution is 5.74. The molecule has 2 aromatic carbocycles. The first-order valence-electron chi connectivity index (χ1n) is 8.08. The van der Waals surface area contributed by atoms with Crippen molar-refractivity contribution < 1.29 is 14.3 Å². The summed E-state index contributed by atoms with van der Waals surface area (Å²) in [6.07, 6.45) is 2.83. The molecule has 1 heterocycles. The largest absolute Gasteiger partial charge is 0.479 e. The van der Waals surface area contributed by atoms with E-state index in [4.69, 9.17) is 14.7 Å². The van der Waals surface area contributed by atoms with Crippen LogP contribution in [0.2, 0.25) is 0 Å². The molecule has 0 aliphatic rings. The van der Waals surface area contributed by atoms with Crippen molar-refractivity contribution in [2.45, 2.75) is 19.6 Å². The van der Waals surface area contributed by atoms with Gasteiger partial charge >= 0.3 is 5.97 Å². The molecule has 0 amide bonds. The fourth-order valence-electron chi connectivity index (χ4n) is 2.30. The van der Waals surface area contributed by atoms with Crippen molar-refractivity contribution in [2.75, 3.05) is 0 Å². The van der Waals surface area contributed by atoms with Crippen LogP contribution in [0.15, 0.2) is 67.0 Å². The molecule has 3 rings (SSSR count). The molecule has 1 atom stereocenters. The molecule has 6 nitrogen and oxygen atoms in total. The molecule has 130 valence electrons. The zero-order valence-electron chi connectivity index (χ0n) is 14.2. The molecule has 0 aliphatic carbocycles. The van der Waals surface area contributed by atoms with Crippen molar-refractivity contribution >= 4 is 5.97 Å². The Morgan fingerprint density at radius 3 is 2.54 bits per heavy atom. The van der Waals surface area contributed by atoms with E-state index in [9.17, 15) is 4.79 Å². The van der Waals surface area contributed by atoms with Gasteiger partial charge in [-0.2, -0.15) is 10.4 Å². The number of aromatic nitrogens is 2. The molecule has 0 spiro atoms. The third kappa shape index (κ3) is 4.28. The van der Waals surface area contributed by atoms with Gasteiger partial charge in [0.15, 0.2) is 6.10 Å². The monoisotopic (exact) mass is 347 g/mol. The van der Waals surface area contributed by atoms with Gasteiger partial charge in [0.1, 0.15) is 12.4 Å². The molecule has 0 radical (unpaired) electrons. The lowest BCUT2D eigenvalue weighted by atomic mass is 10.2. The highest BCUT2D eigenvalue weighted by atomic mass is 16.6. The van der Waals surface area contributed by atoms with Crippen LogP contribution < -0.4 is 4.74 Å². The molecule has 0 N–H and O–H groups in total. The molecule has 3 aromatic rings. The Hall–Kier alpha value is -3.59. The van der Waals surface area contributed by atoms with Crippen molar-refractivity contribution in [2.24, 2.45) is 0 Å². The lowest BCUT2D eigenvalue weighted by molar-refractivity contribution is -0.152. The first-order valence-corrected chi connectivity index (χ1v) is 8.08. The molecule has 0 aliphatic heterocycles. The van der Waals surface area contributed by atoms with Crippen molar-refractivity contribution in [3.63, 3.8) is 0 Å². The lowest BCUT2D eigenvalue weighted by Gasteiger charge is -2.14. The van der Waals surface area contributed by atoms with Crippen LogP contribution in [0.25, 0.3) is 5.69 Å². The Morgan fingerprint density at radius 2 is 1.92 bits per heavy atom. The van der Waals surface area contributed by atoms with Crippen molar-refractivity contribution in [1.29, 1.82) is 5.26 Å². The maximum absolute atomic E-state index is 12.1. The number of esters is 1. The van der Waals surface area contributed by atoms with E-state index in [1.807, 2.05) is 42.6 Å². The minimum Gasteiger partial charge on any atom is -0.479 e. The number of hydrogen-bond acceptors (Lipinski definition) is 5. The number of benzene rings is 2. The third-order valence-electron chi connectivity index (χ3n) is 3.71. The second kappa shape index (κ2) is 7.99. The summed E-state index contributed by atoms with van der Waals surface area (Å²) in [5, 5.41) is 12.9. The van der Waals surface area contributed by atoms with Gasteiger partial charge in [-0.1, -0.05) is 12.1 Å². The summed E-state index contributed by atoms with van der Waals surface area (Å²) in [5.41, 5.74) is 2.34. The first-order chi connectivity index (χ1) is 12.7. The van der Waals surface area contributed by atoms with Gasteiger partial charge in [-0.15, -0.1) is 0 Å². The second-order valence-corrected chi connectivity index (χ2v) is 5.62. The van der Waals surface area contributed by atoms with E-state index in [-0.39, 0.29) is 6.61 Å². The molecule has 1 unspecified atom stereocenters. The highest BCUT2D eigenvalue weighted by Gasteiger charge is 2.16. The Labute approximate surface area is 151 Å². The van der Waals surface area contributed by atoms with Gasteiger partial charge in [0.2, 0.25) is 0 Å².